The van der Waals surface area contributed by atoms with Gasteiger partial charge < -0.3 is 9.26 Å². The van der Waals surface area contributed by atoms with Gasteiger partial charge in [0.1, 0.15) is 12.5 Å². The second-order valence-electron chi connectivity index (χ2n) is 2.74. The first kappa shape index (κ1) is 11.0. The molecule has 0 N–H and O–H groups in total. The molecular weight excluding hydrogens is 208 g/mol. The van der Waals surface area contributed by atoms with Crippen molar-refractivity contribution in [2.75, 3.05) is 18.1 Å². The first-order valence-electron chi connectivity index (χ1n) is 3.91. The molecule has 0 aliphatic rings. The lowest BCUT2D eigenvalue weighted by atomic mass is 10.3. The summed E-state index contributed by atoms with van der Waals surface area (Å²) in [5.74, 6) is 0.874. The Morgan fingerprint density at radius 3 is 2.50 bits per heavy atom. The molecule has 0 aromatic carbocycles. The lowest BCUT2D eigenvalue weighted by molar-refractivity contribution is 0.209. The Labute approximate surface area is 83.5 Å². The van der Waals surface area contributed by atoms with Crippen molar-refractivity contribution in [1.29, 1.82) is 0 Å². The number of aromatic nitrogens is 1. The number of anilines is 1. The summed E-state index contributed by atoms with van der Waals surface area (Å²) in [4.78, 5) is 0. The summed E-state index contributed by atoms with van der Waals surface area (Å²) in [5, 5.41) is 3.64. The smallest absolute Gasteiger partial charge is 0.228 e. The van der Waals surface area contributed by atoms with Crippen molar-refractivity contribution in [2.24, 2.45) is 0 Å². The van der Waals surface area contributed by atoms with E-state index in [1.807, 2.05) is 0 Å². The maximum Gasteiger partial charge on any atom is 0.228 e. The zero-order valence-electron chi connectivity index (χ0n) is 8.18. The second-order valence-corrected chi connectivity index (χ2v) is 3.70. The summed E-state index contributed by atoms with van der Waals surface area (Å²) in [6.07, 6.45) is 0. The molecule has 0 radical (unpaired) electrons. The molecule has 0 fully saturated rings. The van der Waals surface area contributed by atoms with Crippen LogP contribution < -0.4 is 4.31 Å². The average Bonchev–Trinajstić information content (AvgIpc) is 2.44. The molecule has 6 nitrogen and oxygen atoms in total. The largest absolute Gasteiger partial charge is 0.363 e. The number of nitrogens with zero attached hydrogens (tertiary/aromatic N) is 2. The van der Waals surface area contributed by atoms with E-state index in [0.29, 0.717) is 11.3 Å². The number of aryl methyl sites for hydroxylation is 1. The first-order chi connectivity index (χ1) is 6.57. The van der Waals surface area contributed by atoms with Gasteiger partial charge in [0.15, 0.2) is 5.82 Å². The van der Waals surface area contributed by atoms with Gasteiger partial charge in [0.25, 0.3) is 0 Å². The second kappa shape index (κ2) is 4.43. The molecular formula is C7H12N2O4S. The molecule has 80 valence electrons. The number of ether oxygens (including phenoxy) is 1. The van der Waals surface area contributed by atoms with E-state index < -0.39 is 10.9 Å². The van der Waals surface area contributed by atoms with Crippen LogP contribution in [0.5, 0.6) is 0 Å². The highest BCUT2D eigenvalue weighted by molar-refractivity contribution is 7.74. The third kappa shape index (κ3) is 2.05. The summed E-state index contributed by atoms with van der Waals surface area (Å²) in [7, 11) is -1.35. The number of rotatable bonds is 4. The molecule has 1 heterocycles. The van der Waals surface area contributed by atoms with Gasteiger partial charge in [-0.15, -0.1) is 0 Å². The van der Waals surface area contributed by atoms with Crippen molar-refractivity contribution >= 4 is 16.7 Å². The van der Waals surface area contributed by atoms with Gasteiger partial charge in [0.2, 0.25) is 10.9 Å². The summed E-state index contributed by atoms with van der Waals surface area (Å²) < 4.78 is 32.3. The third-order valence-electron chi connectivity index (χ3n) is 1.83. The Morgan fingerprint density at radius 1 is 1.50 bits per heavy atom. The van der Waals surface area contributed by atoms with Crippen LogP contribution in [0.4, 0.5) is 5.82 Å². The number of methoxy groups -OCH3 is 1. The average molecular weight is 220 g/mol. The lowest BCUT2D eigenvalue weighted by Crippen LogP contribution is -2.24. The molecule has 0 bridgehead atoms. The minimum absolute atomic E-state index is 0.0640. The van der Waals surface area contributed by atoms with Gasteiger partial charge in [-0.3, -0.25) is 0 Å². The van der Waals surface area contributed by atoms with Crippen LogP contribution in [0.2, 0.25) is 0 Å². The summed E-state index contributed by atoms with van der Waals surface area (Å²) in [6.45, 7) is 3.39. The Morgan fingerprint density at radius 2 is 2.14 bits per heavy atom. The highest BCUT2D eigenvalue weighted by atomic mass is 32.2. The highest BCUT2D eigenvalue weighted by Crippen LogP contribution is 2.20. The van der Waals surface area contributed by atoms with E-state index in [4.69, 9.17) is 9.26 Å². The maximum absolute atomic E-state index is 10.9. The highest BCUT2D eigenvalue weighted by Gasteiger charge is 2.17. The van der Waals surface area contributed by atoms with Crippen LogP contribution in [-0.4, -0.2) is 27.4 Å². The van der Waals surface area contributed by atoms with Crippen LogP contribution in [0.25, 0.3) is 0 Å². The van der Waals surface area contributed by atoms with E-state index in [0.717, 1.165) is 4.31 Å². The Balaban J connectivity index is 3.05. The SMILES string of the molecule is COCN(c1noc(C)c1C)[SH](=O)=O. The van der Waals surface area contributed by atoms with E-state index in [1.54, 1.807) is 13.8 Å². The monoisotopic (exact) mass is 220 g/mol. The van der Waals surface area contributed by atoms with Crippen LogP contribution in [0.1, 0.15) is 11.3 Å². The summed E-state index contributed by atoms with van der Waals surface area (Å²) in [6, 6.07) is 0. The molecule has 0 saturated carbocycles. The quantitative estimate of drug-likeness (QED) is 0.580. The Hall–Kier alpha value is -1.08. The number of hydrogen-bond acceptors (Lipinski definition) is 5. The fourth-order valence-corrected chi connectivity index (χ4v) is 1.51. The number of thiol groups is 1. The third-order valence-corrected chi connectivity index (χ3v) is 2.52. The fraction of sp³-hybridized carbons (Fsp3) is 0.571. The predicted octanol–water partition coefficient (Wildman–Crippen LogP) is 0.228. The van der Waals surface area contributed by atoms with E-state index in [2.05, 4.69) is 5.16 Å². The molecule has 0 spiro atoms. The van der Waals surface area contributed by atoms with Crippen LogP contribution in [-0.2, 0) is 15.6 Å². The van der Waals surface area contributed by atoms with Crippen LogP contribution in [0.3, 0.4) is 0 Å². The molecule has 1 aromatic rings. The van der Waals surface area contributed by atoms with Crippen LogP contribution in [0, 0.1) is 13.8 Å². The molecule has 0 aliphatic carbocycles. The normalized spacial score (nSPS) is 10.9. The van der Waals surface area contributed by atoms with E-state index in [-0.39, 0.29) is 12.5 Å². The standard InChI is InChI=1S/C7H12N2O4S/c1-5-6(2)13-8-7(5)9(4-12-3)14(10)11/h14H,4H2,1-3H3. The van der Waals surface area contributed by atoms with Crippen molar-refractivity contribution in [3.63, 3.8) is 0 Å². The topological polar surface area (TPSA) is 72.6 Å². The van der Waals surface area contributed by atoms with E-state index >= 15 is 0 Å². The van der Waals surface area contributed by atoms with Crippen molar-refractivity contribution in [1.82, 2.24) is 5.16 Å². The van der Waals surface area contributed by atoms with Gasteiger partial charge in [0, 0.05) is 12.7 Å². The number of hydrogen-bond donors (Lipinski definition) is 1. The lowest BCUT2D eigenvalue weighted by Gasteiger charge is -2.12. The first-order valence-corrected chi connectivity index (χ1v) is 5.04. The van der Waals surface area contributed by atoms with Gasteiger partial charge >= 0.3 is 0 Å². The molecule has 0 amide bonds. The minimum atomic E-state index is -2.76. The van der Waals surface area contributed by atoms with Crippen molar-refractivity contribution < 1.29 is 17.7 Å². The van der Waals surface area contributed by atoms with Gasteiger partial charge in [0.05, 0.1) is 0 Å². The van der Waals surface area contributed by atoms with Crippen LogP contribution >= 0.6 is 0 Å². The molecule has 1 rings (SSSR count). The summed E-state index contributed by atoms with van der Waals surface area (Å²) in [5.41, 5.74) is 0.696. The maximum atomic E-state index is 10.9. The van der Waals surface area contributed by atoms with E-state index in [1.165, 1.54) is 7.11 Å². The Bertz CT molecular complexity index is 377. The molecule has 0 unspecified atom stereocenters. The van der Waals surface area contributed by atoms with Gasteiger partial charge in [-0.2, -0.15) is 0 Å². The van der Waals surface area contributed by atoms with Crippen LogP contribution in [0.15, 0.2) is 4.52 Å². The minimum Gasteiger partial charge on any atom is -0.363 e. The van der Waals surface area contributed by atoms with E-state index in [9.17, 15) is 8.42 Å². The fourth-order valence-electron chi connectivity index (χ4n) is 0.955. The molecule has 1 aromatic heterocycles. The van der Waals surface area contributed by atoms with Crippen molar-refractivity contribution in [3.8, 4) is 0 Å². The Kier molecular flexibility index (Phi) is 3.48. The van der Waals surface area contributed by atoms with Gasteiger partial charge in [-0.05, 0) is 13.8 Å². The molecule has 14 heavy (non-hydrogen) atoms. The zero-order valence-corrected chi connectivity index (χ0v) is 9.08. The van der Waals surface area contributed by atoms with Gasteiger partial charge in [-0.1, -0.05) is 5.16 Å². The zero-order chi connectivity index (χ0) is 10.7. The van der Waals surface area contributed by atoms with Gasteiger partial charge in [-0.25, -0.2) is 12.7 Å². The summed E-state index contributed by atoms with van der Waals surface area (Å²) >= 11 is 0. The van der Waals surface area contributed by atoms with Crippen molar-refractivity contribution in [3.05, 3.63) is 11.3 Å². The molecule has 0 atom stereocenters. The predicted molar refractivity (Wildman–Crippen MR) is 50.6 cm³/mol. The van der Waals surface area contributed by atoms with Crippen molar-refractivity contribution in [2.45, 2.75) is 13.8 Å². The molecule has 0 aliphatic heterocycles. The molecule has 0 saturated heterocycles. The molecule has 7 heteroatoms.